The molecule has 0 N–H and O–H groups in total. The van der Waals surface area contributed by atoms with E-state index >= 15 is 0 Å². The summed E-state index contributed by atoms with van der Waals surface area (Å²) in [6.45, 7) is 14.6. The van der Waals surface area contributed by atoms with Crippen LogP contribution in [0.15, 0.2) is 24.3 Å². The molecule has 0 saturated carbocycles. The fourth-order valence-corrected chi connectivity index (χ4v) is 3.14. The molecule has 0 aliphatic rings. The number of carbonyl (C=O) groups excluding carboxylic acids is 1. The quantitative estimate of drug-likeness (QED) is 0.569. The van der Waals surface area contributed by atoms with Gasteiger partial charge in [0, 0.05) is 11.5 Å². The minimum absolute atomic E-state index is 0.00282. The van der Waals surface area contributed by atoms with Crippen molar-refractivity contribution in [2.24, 2.45) is 5.92 Å². The van der Waals surface area contributed by atoms with Crippen molar-refractivity contribution in [1.29, 1.82) is 0 Å². The lowest BCUT2D eigenvalue weighted by Gasteiger charge is -2.19. The van der Waals surface area contributed by atoms with Gasteiger partial charge in [-0.05, 0) is 37.7 Å². The Kier molecular flexibility index (Phi) is 7.39. The largest absolute Gasteiger partial charge is 0.460 e. The van der Waals surface area contributed by atoms with E-state index in [1.807, 2.05) is 26.0 Å². The number of unbranched alkanes of at least 4 members (excludes halogenated alkanes) is 1. The van der Waals surface area contributed by atoms with Crippen LogP contribution in [0.1, 0.15) is 84.5 Å². The summed E-state index contributed by atoms with van der Waals surface area (Å²) in [5, 5.41) is 4.41. The maximum atomic E-state index is 13.2. The van der Waals surface area contributed by atoms with Crippen molar-refractivity contribution in [3.05, 3.63) is 29.8 Å². The Labute approximate surface area is 169 Å². The molecule has 154 valence electrons. The van der Waals surface area contributed by atoms with E-state index in [1.165, 1.54) is 10.2 Å². The van der Waals surface area contributed by atoms with Gasteiger partial charge in [-0.1, -0.05) is 71.7 Å². The number of nitrogens with zero attached hydrogens (tertiary/aromatic N) is 3. The standard InChI is InChI=1S/C23H35N3O2/c1-8-10-11-17(9-2)21(27)26-20(24-22(25-26)28-16(3)4)18-12-14-19(15-13-18)23(5,6)7/h12-17H,8-11H2,1-7H3. The first-order valence-corrected chi connectivity index (χ1v) is 10.5. The predicted octanol–water partition coefficient (Wildman–Crippen LogP) is 5.89. The molecule has 0 bridgehead atoms. The second kappa shape index (κ2) is 9.35. The second-order valence-corrected chi connectivity index (χ2v) is 8.71. The summed E-state index contributed by atoms with van der Waals surface area (Å²) in [6.07, 6.45) is 3.72. The molecule has 1 atom stereocenters. The Morgan fingerprint density at radius 3 is 2.29 bits per heavy atom. The zero-order valence-electron chi connectivity index (χ0n) is 18.5. The number of carbonyl (C=O) groups is 1. The van der Waals surface area contributed by atoms with Crippen molar-refractivity contribution in [2.45, 2.75) is 85.7 Å². The third kappa shape index (κ3) is 5.43. The van der Waals surface area contributed by atoms with Gasteiger partial charge in [0.25, 0.3) is 5.91 Å². The van der Waals surface area contributed by atoms with Gasteiger partial charge >= 0.3 is 6.01 Å². The van der Waals surface area contributed by atoms with E-state index in [0.717, 1.165) is 31.2 Å². The summed E-state index contributed by atoms with van der Waals surface area (Å²) < 4.78 is 7.14. The van der Waals surface area contributed by atoms with Crippen LogP contribution in [-0.2, 0) is 5.41 Å². The molecule has 1 unspecified atom stereocenters. The highest BCUT2D eigenvalue weighted by Gasteiger charge is 2.25. The van der Waals surface area contributed by atoms with E-state index in [0.29, 0.717) is 5.82 Å². The number of rotatable bonds is 8. The van der Waals surface area contributed by atoms with E-state index in [-0.39, 0.29) is 29.4 Å². The van der Waals surface area contributed by atoms with Gasteiger partial charge in [0.15, 0.2) is 5.82 Å². The van der Waals surface area contributed by atoms with Crippen LogP contribution in [-0.4, -0.2) is 26.8 Å². The Balaban J connectivity index is 2.44. The maximum absolute atomic E-state index is 13.2. The summed E-state index contributed by atoms with van der Waals surface area (Å²) >= 11 is 0. The number of benzene rings is 1. The van der Waals surface area contributed by atoms with E-state index in [4.69, 9.17) is 4.74 Å². The first kappa shape index (κ1) is 22.1. The third-order valence-electron chi connectivity index (χ3n) is 4.89. The van der Waals surface area contributed by atoms with Gasteiger partial charge in [-0.25, -0.2) is 0 Å². The van der Waals surface area contributed by atoms with Gasteiger partial charge in [-0.2, -0.15) is 9.67 Å². The molecule has 0 fully saturated rings. The van der Waals surface area contributed by atoms with Crippen LogP contribution in [0, 0.1) is 5.92 Å². The molecule has 0 aliphatic carbocycles. The number of hydrogen-bond acceptors (Lipinski definition) is 4. The van der Waals surface area contributed by atoms with Gasteiger partial charge in [0.2, 0.25) is 0 Å². The molecular weight excluding hydrogens is 350 g/mol. The maximum Gasteiger partial charge on any atom is 0.336 e. The lowest BCUT2D eigenvalue weighted by Crippen LogP contribution is -2.23. The van der Waals surface area contributed by atoms with Crippen LogP contribution in [0.3, 0.4) is 0 Å². The fraction of sp³-hybridized carbons (Fsp3) is 0.609. The van der Waals surface area contributed by atoms with Gasteiger partial charge in [0.1, 0.15) is 0 Å². The van der Waals surface area contributed by atoms with Crippen LogP contribution in [0.25, 0.3) is 11.4 Å². The topological polar surface area (TPSA) is 57.0 Å². The van der Waals surface area contributed by atoms with Crippen molar-refractivity contribution in [1.82, 2.24) is 14.8 Å². The minimum atomic E-state index is -0.0545. The molecule has 2 aromatic rings. The molecule has 0 amide bonds. The Hall–Kier alpha value is -2.17. The highest BCUT2D eigenvalue weighted by atomic mass is 16.5. The smallest absolute Gasteiger partial charge is 0.336 e. The minimum Gasteiger partial charge on any atom is -0.460 e. The average Bonchev–Trinajstić information content (AvgIpc) is 3.04. The van der Waals surface area contributed by atoms with E-state index in [2.05, 4.69) is 56.8 Å². The summed E-state index contributed by atoms with van der Waals surface area (Å²) in [5.41, 5.74) is 2.18. The van der Waals surface area contributed by atoms with Crippen molar-refractivity contribution in [2.75, 3.05) is 0 Å². The summed E-state index contributed by atoms with van der Waals surface area (Å²) in [5.74, 6) is 0.495. The Bertz CT molecular complexity index is 770. The zero-order chi connectivity index (χ0) is 20.9. The van der Waals surface area contributed by atoms with Crippen molar-refractivity contribution in [3.63, 3.8) is 0 Å². The first-order valence-electron chi connectivity index (χ1n) is 10.5. The molecule has 1 heterocycles. The molecule has 0 radical (unpaired) electrons. The lowest BCUT2D eigenvalue weighted by atomic mass is 9.86. The summed E-state index contributed by atoms with van der Waals surface area (Å²) in [4.78, 5) is 17.7. The highest BCUT2D eigenvalue weighted by Crippen LogP contribution is 2.27. The SMILES string of the molecule is CCCCC(CC)C(=O)n1nc(OC(C)C)nc1-c1ccc(C(C)(C)C)cc1. The molecule has 0 saturated heterocycles. The molecule has 0 spiro atoms. The second-order valence-electron chi connectivity index (χ2n) is 8.71. The monoisotopic (exact) mass is 385 g/mol. The summed E-state index contributed by atoms with van der Waals surface area (Å²) in [6, 6.07) is 8.47. The summed E-state index contributed by atoms with van der Waals surface area (Å²) in [7, 11) is 0. The van der Waals surface area contributed by atoms with Crippen LogP contribution < -0.4 is 4.74 Å². The highest BCUT2D eigenvalue weighted by molar-refractivity contribution is 5.84. The molecule has 28 heavy (non-hydrogen) atoms. The van der Waals surface area contributed by atoms with Crippen molar-refractivity contribution < 1.29 is 9.53 Å². The van der Waals surface area contributed by atoms with E-state index in [1.54, 1.807) is 0 Å². The zero-order valence-corrected chi connectivity index (χ0v) is 18.5. The molecule has 2 rings (SSSR count). The van der Waals surface area contributed by atoms with E-state index in [9.17, 15) is 4.79 Å². The Morgan fingerprint density at radius 1 is 1.14 bits per heavy atom. The average molecular weight is 386 g/mol. The van der Waals surface area contributed by atoms with Gasteiger partial charge < -0.3 is 4.74 Å². The molecular formula is C23H35N3O2. The normalized spacial score (nSPS) is 13.0. The molecule has 0 aliphatic heterocycles. The van der Waals surface area contributed by atoms with Crippen LogP contribution >= 0.6 is 0 Å². The Morgan fingerprint density at radius 2 is 1.79 bits per heavy atom. The molecule has 5 heteroatoms. The fourth-order valence-electron chi connectivity index (χ4n) is 3.14. The van der Waals surface area contributed by atoms with Crippen LogP contribution in [0.2, 0.25) is 0 Å². The van der Waals surface area contributed by atoms with Crippen molar-refractivity contribution >= 4 is 5.91 Å². The molecule has 5 nitrogen and oxygen atoms in total. The van der Waals surface area contributed by atoms with Gasteiger partial charge in [0.05, 0.1) is 6.10 Å². The first-order chi connectivity index (χ1) is 13.2. The molecule has 1 aromatic heterocycles. The lowest BCUT2D eigenvalue weighted by molar-refractivity contribution is 0.0803. The number of ether oxygens (including phenoxy) is 1. The van der Waals surface area contributed by atoms with Crippen molar-refractivity contribution in [3.8, 4) is 17.4 Å². The number of aromatic nitrogens is 3. The van der Waals surface area contributed by atoms with Gasteiger partial charge in [-0.3, -0.25) is 4.79 Å². The van der Waals surface area contributed by atoms with Crippen LogP contribution in [0.5, 0.6) is 6.01 Å². The number of hydrogen-bond donors (Lipinski definition) is 0. The van der Waals surface area contributed by atoms with E-state index < -0.39 is 0 Å². The third-order valence-corrected chi connectivity index (χ3v) is 4.89. The van der Waals surface area contributed by atoms with Gasteiger partial charge in [-0.15, -0.1) is 5.10 Å². The predicted molar refractivity (Wildman–Crippen MR) is 114 cm³/mol. The van der Waals surface area contributed by atoms with Crippen LogP contribution in [0.4, 0.5) is 0 Å². The molecule has 1 aromatic carbocycles.